The molecule has 0 unspecified atom stereocenters. The first kappa shape index (κ1) is 13.9. The van der Waals surface area contributed by atoms with E-state index >= 15 is 0 Å². The molecule has 0 atom stereocenters. The number of hydrogen-bond acceptors (Lipinski definition) is 3. The first-order valence-electron chi connectivity index (χ1n) is 6.85. The highest BCUT2D eigenvalue weighted by atomic mass is 32.1. The van der Waals surface area contributed by atoms with Crippen LogP contribution in [0.5, 0.6) is 0 Å². The highest BCUT2D eigenvalue weighted by molar-refractivity contribution is 7.80. The summed E-state index contributed by atoms with van der Waals surface area (Å²) in [7, 11) is 2.20. The molecular formula is C15H24N2S. The van der Waals surface area contributed by atoms with Gasteiger partial charge in [-0.15, -0.1) is 0 Å². The van der Waals surface area contributed by atoms with Crippen LogP contribution >= 0.6 is 12.6 Å². The van der Waals surface area contributed by atoms with Crippen molar-refractivity contribution < 1.29 is 0 Å². The second-order valence-corrected chi connectivity index (χ2v) is 6.12. The maximum Gasteiger partial charge on any atom is 0.0547 e. The lowest BCUT2D eigenvalue weighted by Crippen LogP contribution is -2.35. The van der Waals surface area contributed by atoms with Crippen molar-refractivity contribution in [3.8, 4) is 0 Å². The SMILES string of the molecule is Cc1cccc(CN(C)CC2(CS)CCCC2)n1. The van der Waals surface area contributed by atoms with Crippen molar-refractivity contribution in [2.75, 3.05) is 19.3 Å². The monoisotopic (exact) mass is 264 g/mol. The molecule has 100 valence electrons. The lowest BCUT2D eigenvalue weighted by Gasteiger charge is -2.32. The number of rotatable bonds is 5. The maximum absolute atomic E-state index is 4.58. The Kier molecular flexibility index (Phi) is 4.68. The molecule has 2 rings (SSSR count). The van der Waals surface area contributed by atoms with Crippen LogP contribution in [0.15, 0.2) is 18.2 Å². The number of nitrogens with zero attached hydrogens (tertiary/aromatic N) is 2. The Morgan fingerprint density at radius 1 is 1.33 bits per heavy atom. The van der Waals surface area contributed by atoms with Crippen molar-refractivity contribution >= 4 is 12.6 Å². The van der Waals surface area contributed by atoms with Crippen LogP contribution in [-0.4, -0.2) is 29.2 Å². The molecule has 0 spiro atoms. The molecule has 0 bridgehead atoms. The Labute approximate surface area is 116 Å². The van der Waals surface area contributed by atoms with E-state index in [1.165, 1.54) is 31.4 Å². The minimum atomic E-state index is 0.446. The van der Waals surface area contributed by atoms with Gasteiger partial charge in [-0.3, -0.25) is 9.88 Å². The van der Waals surface area contributed by atoms with Crippen LogP contribution in [0.3, 0.4) is 0 Å². The third kappa shape index (κ3) is 3.48. The smallest absolute Gasteiger partial charge is 0.0547 e. The average molecular weight is 264 g/mol. The topological polar surface area (TPSA) is 16.1 Å². The Morgan fingerprint density at radius 3 is 2.67 bits per heavy atom. The molecule has 1 heterocycles. The quantitative estimate of drug-likeness (QED) is 0.821. The van der Waals surface area contributed by atoms with Crippen molar-refractivity contribution in [1.82, 2.24) is 9.88 Å². The number of pyridine rings is 1. The van der Waals surface area contributed by atoms with Crippen molar-refractivity contribution in [3.05, 3.63) is 29.6 Å². The number of aromatic nitrogens is 1. The summed E-state index contributed by atoms with van der Waals surface area (Å²) in [6, 6.07) is 6.26. The molecule has 18 heavy (non-hydrogen) atoms. The predicted octanol–water partition coefficient (Wildman–Crippen LogP) is 3.31. The largest absolute Gasteiger partial charge is 0.300 e. The Bertz CT molecular complexity index is 386. The van der Waals surface area contributed by atoms with Crippen molar-refractivity contribution in [2.24, 2.45) is 5.41 Å². The minimum absolute atomic E-state index is 0.446. The molecule has 3 heteroatoms. The van der Waals surface area contributed by atoms with Gasteiger partial charge < -0.3 is 0 Å². The van der Waals surface area contributed by atoms with E-state index in [0.717, 1.165) is 24.5 Å². The van der Waals surface area contributed by atoms with Gasteiger partial charge in [-0.05, 0) is 50.1 Å². The second-order valence-electron chi connectivity index (χ2n) is 5.81. The second kappa shape index (κ2) is 6.07. The minimum Gasteiger partial charge on any atom is -0.300 e. The third-order valence-corrected chi connectivity index (χ3v) is 4.65. The normalized spacial score (nSPS) is 18.4. The molecule has 1 saturated carbocycles. The molecule has 1 aliphatic rings. The van der Waals surface area contributed by atoms with Gasteiger partial charge in [-0.1, -0.05) is 18.9 Å². The summed E-state index contributed by atoms with van der Waals surface area (Å²) in [5.74, 6) is 1.01. The van der Waals surface area contributed by atoms with Gasteiger partial charge in [0, 0.05) is 18.8 Å². The molecular weight excluding hydrogens is 240 g/mol. The van der Waals surface area contributed by atoms with Crippen LogP contribution in [-0.2, 0) is 6.54 Å². The predicted molar refractivity (Wildman–Crippen MR) is 80.1 cm³/mol. The zero-order chi connectivity index (χ0) is 13.0. The van der Waals surface area contributed by atoms with E-state index in [2.05, 4.69) is 54.7 Å². The zero-order valence-electron chi connectivity index (χ0n) is 11.5. The number of thiol groups is 1. The van der Waals surface area contributed by atoms with E-state index in [0.29, 0.717) is 5.41 Å². The number of hydrogen-bond donors (Lipinski definition) is 1. The molecule has 0 saturated heterocycles. The lowest BCUT2D eigenvalue weighted by molar-refractivity contribution is 0.194. The van der Waals surface area contributed by atoms with Crippen molar-refractivity contribution in [1.29, 1.82) is 0 Å². The molecule has 1 fully saturated rings. The molecule has 0 aromatic carbocycles. The summed E-state index contributed by atoms with van der Waals surface area (Å²) in [5.41, 5.74) is 2.72. The summed E-state index contributed by atoms with van der Waals surface area (Å²) < 4.78 is 0. The van der Waals surface area contributed by atoms with E-state index in [-0.39, 0.29) is 0 Å². The van der Waals surface area contributed by atoms with Gasteiger partial charge in [0.05, 0.1) is 5.69 Å². The average Bonchev–Trinajstić information content (AvgIpc) is 2.78. The van der Waals surface area contributed by atoms with E-state index < -0.39 is 0 Å². The van der Waals surface area contributed by atoms with Crippen molar-refractivity contribution in [3.63, 3.8) is 0 Å². The first-order chi connectivity index (χ1) is 8.63. The van der Waals surface area contributed by atoms with Crippen molar-refractivity contribution in [2.45, 2.75) is 39.2 Å². The van der Waals surface area contributed by atoms with Gasteiger partial charge in [-0.25, -0.2) is 0 Å². The van der Waals surface area contributed by atoms with E-state index in [1.807, 2.05) is 0 Å². The van der Waals surface area contributed by atoms with E-state index in [9.17, 15) is 0 Å². The summed E-state index contributed by atoms with van der Waals surface area (Å²) in [6.07, 6.45) is 5.42. The molecule has 0 N–H and O–H groups in total. The molecule has 0 amide bonds. The summed E-state index contributed by atoms with van der Waals surface area (Å²) in [5, 5.41) is 0. The summed E-state index contributed by atoms with van der Waals surface area (Å²) in [6.45, 7) is 4.14. The fraction of sp³-hybridized carbons (Fsp3) is 0.667. The lowest BCUT2D eigenvalue weighted by atomic mass is 9.88. The fourth-order valence-electron chi connectivity index (χ4n) is 3.08. The Balaban J connectivity index is 1.93. The molecule has 0 radical (unpaired) electrons. The van der Waals surface area contributed by atoms with Crippen LogP contribution < -0.4 is 0 Å². The van der Waals surface area contributed by atoms with Crippen LogP contribution in [0.25, 0.3) is 0 Å². The molecule has 1 aromatic heterocycles. The third-order valence-electron chi connectivity index (χ3n) is 3.98. The highest BCUT2D eigenvalue weighted by Gasteiger charge is 2.33. The Morgan fingerprint density at radius 2 is 2.06 bits per heavy atom. The van der Waals surface area contributed by atoms with E-state index in [1.54, 1.807) is 0 Å². The van der Waals surface area contributed by atoms with Gasteiger partial charge in [0.2, 0.25) is 0 Å². The van der Waals surface area contributed by atoms with E-state index in [4.69, 9.17) is 0 Å². The van der Waals surface area contributed by atoms with Crippen LogP contribution in [0.2, 0.25) is 0 Å². The van der Waals surface area contributed by atoms with Gasteiger partial charge >= 0.3 is 0 Å². The maximum atomic E-state index is 4.58. The standard InChI is InChI=1S/C15H24N2S/c1-13-6-5-7-14(16-13)10-17(2)11-15(12-18)8-3-4-9-15/h5-7,18H,3-4,8-12H2,1-2H3. The van der Waals surface area contributed by atoms with Crippen LogP contribution in [0.4, 0.5) is 0 Å². The zero-order valence-corrected chi connectivity index (χ0v) is 12.4. The molecule has 2 nitrogen and oxygen atoms in total. The Hall–Kier alpha value is -0.540. The van der Waals surface area contributed by atoms with Gasteiger partial charge in [0.25, 0.3) is 0 Å². The molecule has 0 aliphatic heterocycles. The summed E-state index contributed by atoms with van der Waals surface area (Å²) in [4.78, 5) is 6.98. The van der Waals surface area contributed by atoms with Gasteiger partial charge in [0.1, 0.15) is 0 Å². The van der Waals surface area contributed by atoms with Crippen LogP contribution in [0, 0.1) is 12.3 Å². The number of aryl methyl sites for hydroxylation is 1. The molecule has 1 aromatic rings. The van der Waals surface area contributed by atoms with Gasteiger partial charge in [-0.2, -0.15) is 12.6 Å². The highest BCUT2D eigenvalue weighted by Crippen LogP contribution is 2.39. The summed E-state index contributed by atoms with van der Waals surface area (Å²) >= 11 is 4.58. The first-order valence-corrected chi connectivity index (χ1v) is 7.49. The fourth-order valence-corrected chi connectivity index (χ4v) is 3.50. The van der Waals surface area contributed by atoms with Gasteiger partial charge in [0.15, 0.2) is 0 Å². The van der Waals surface area contributed by atoms with Crippen LogP contribution in [0.1, 0.15) is 37.1 Å². The molecule has 1 aliphatic carbocycles.